The van der Waals surface area contributed by atoms with Crippen molar-refractivity contribution in [2.75, 3.05) is 0 Å². The molecule has 0 amide bonds. The molecule has 114 valence electrons. The zero-order chi connectivity index (χ0) is 13.9. The van der Waals surface area contributed by atoms with E-state index in [-0.39, 0.29) is 6.10 Å². The fourth-order valence-corrected chi connectivity index (χ4v) is 7.18. The number of hydrogen-bond donors (Lipinski definition) is 1. The van der Waals surface area contributed by atoms with E-state index in [4.69, 9.17) is 0 Å². The Morgan fingerprint density at radius 2 is 1.60 bits per heavy atom. The molecule has 4 rings (SSSR count). The molecule has 0 radical (unpaired) electrons. The number of hydrogen-bond acceptors (Lipinski definition) is 1. The highest BCUT2D eigenvalue weighted by molar-refractivity contribution is 5.05. The molecule has 0 aromatic rings. The Labute approximate surface area is 124 Å². The SMILES string of the molecule is CC1CCC2C3CCC4CC(O)CC[C@]4(C)C3CC[C@@H]12. The Balaban J connectivity index is 1.59. The van der Waals surface area contributed by atoms with Crippen molar-refractivity contribution in [3.63, 3.8) is 0 Å². The van der Waals surface area contributed by atoms with Gasteiger partial charge in [0.05, 0.1) is 6.10 Å². The van der Waals surface area contributed by atoms with Crippen LogP contribution in [0.3, 0.4) is 0 Å². The quantitative estimate of drug-likeness (QED) is 0.683. The number of aliphatic hydroxyl groups is 1. The summed E-state index contributed by atoms with van der Waals surface area (Å²) in [5, 5.41) is 10.0. The van der Waals surface area contributed by atoms with Gasteiger partial charge in [-0.1, -0.05) is 20.3 Å². The van der Waals surface area contributed by atoms with E-state index < -0.39 is 0 Å². The van der Waals surface area contributed by atoms with E-state index in [1.54, 1.807) is 0 Å². The zero-order valence-electron chi connectivity index (χ0n) is 13.4. The number of rotatable bonds is 0. The molecule has 4 aliphatic rings. The summed E-state index contributed by atoms with van der Waals surface area (Å²) in [4.78, 5) is 0. The molecule has 0 heterocycles. The molecular formula is C19H32O. The Hall–Kier alpha value is -0.0400. The highest BCUT2D eigenvalue weighted by Crippen LogP contribution is 2.63. The molecule has 1 heteroatoms. The van der Waals surface area contributed by atoms with Gasteiger partial charge in [-0.3, -0.25) is 0 Å². The van der Waals surface area contributed by atoms with E-state index in [9.17, 15) is 5.11 Å². The van der Waals surface area contributed by atoms with E-state index in [1.165, 1.54) is 44.9 Å². The van der Waals surface area contributed by atoms with Crippen molar-refractivity contribution in [3.05, 3.63) is 0 Å². The summed E-state index contributed by atoms with van der Waals surface area (Å²) in [5.74, 6) is 5.97. The van der Waals surface area contributed by atoms with E-state index in [1.807, 2.05) is 0 Å². The predicted molar refractivity (Wildman–Crippen MR) is 82.3 cm³/mol. The average molecular weight is 276 g/mol. The van der Waals surface area contributed by atoms with Gasteiger partial charge in [0.15, 0.2) is 0 Å². The van der Waals surface area contributed by atoms with Crippen LogP contribution in [0.5, 0.6) is 0 Å². The van der Waals surface area contributed by atoms with Gasteiger partial charge in [0.2, 0.25) is 0 Å². The first-order valence-corrected chi connectivity index (χ1v) is 9.27. The van der Waals surface area contributed by atoms with E-state index in [2.05, 4.69) is 13.8 Å². The molecule has 8 atom stereocenters. The van der Waals surface area contributed by atoms with Gasteiger partial charge in [0.1, 0.15) is 0 Å². The van der Waals surface area contributed by atoms with Crippen molar-refractivity contribution in [2.45, 2.75) is 77.7 Å². The van der Waals surface area contributed by atoms with Crippen LogP contribution in [0.4, 0.5) is 0 Å². The highest BCUT2D eigenvalue weighted by Gasteiger charge is 2.55. The Morgan fingerprint density at radius 3 is 2.45 bits per heavy atom. The summed E-state index contributed by atoms with van der Waals surface area (Å²) in [7, 11) is 0. The molecular weight excluding hydrogens is 244 g/mol. The van der Waals surface area contributed by atoms with Crippen LogP contribution in [0.2, 0.25) is 0 Å². The third-order valence-corrected chi connectivity index (χ3v) is 8.31. The van der Waals surface area contributed by atoms with Gasteiger partial charge in [-0.25, -0.2) is 0 Å². The summed E-state index contributed by atoms with van der Waals surface area (Å²) in [6.07, 6.45) is 12.4. The van der Waals surface area contributed by atoms with E-state index in [0.717, 1.165) is 48.3 Å². The first kappa shape index (κ1) is 13.6. The van der Waals surface area contributed by atoms with Gasteiger partial charge in [-0.15, -0.1) is 0 Å². The number of fused-ring (bicyclic) bond motifs is 5. The normalized spacial score (nSPS) is 58.6. The molecule has 0 aliphatic heterocycles. The lowest BCUT2D eigenvalue weighted by Crippen LogP contribution is -2.51. The van der Waals surface area contributed by atoms with Crippen molar-refractivity contribution in [1.29, 1.82) is 0 Å². The van der Waals surface area contributed by atoms with Crippen LogP contribution in [0, 0.1) is 40.9 Å². The van der Waals surface area contributed by atoms with Crippen molar-refractivity contribution < 1.29 is 5.11 Å². The lowest BCUT2D eigenvalue weighted by atomic mass is 9.47. The molecule has 1 N–H and O–H groups in total. The summed E-state index contributed by atoms with van der Waals surface area (Å²) in [5.41, 5.74) is 0.568. The van der Waals surface area contributed by atoms with Crippen LogP contribution in [0.15, 0.2) is 0 Å². The molecule has 4 saturated carbocycles. The largest absolute Gasteiger partial charge is 0.393 e. The molecule has 6 unspecified atom stereocenters. The van der Waals surface area contributed by atoms with Crippen LogP contribution >= 0.6 is 0 Å². The summed E-state index contributed by atoms with van der Waals surface area (Å²) >= 11 is 0. The molecule has 0 aromatic carbocycles. The minimum Gasteiger partial charge on any atom is -0.393 e. The molecule has 0 saturated heterocycles. The van der Waals surface area contributed by atoms with Crippen molar-refractivity contribution in [1.82, 2.24) is 0 Å². The first-order valence-electron chi connectivity index (χ1n) is 9.27. The van der Waals surface area contributed by atoms with Crippen molar-refractivity contribution in [3.8, 4) is 0 Å². The average Bonchev–Trinajstić information content (AvgIpc) is 2.82. The zero-order valence-corrected chi connectivity index (χ0v) is 13.4. The van der Waals surface area contributed by atoms with Gasteiger partial charge < -0.3 is 5.11 Å². The van der Waals surface area contributed by atoms with E-state index >= 15 is 0 Å². The maximum absolute atomic E-state index is 10.0. The summed E-state index contributed by atoms with van der Waals surface area (Å²) in [6.45, 7) is 5.11. The molecule has 0 aromatic heterocycles. The van der Waals surface area contributed by atoms with Crippen LogP contribution in [-0.4, -0.2) is 11.2 Å². The van der Waals surface area contributed by atoms with Crippen LogP contribution in [-0.2, 0) is 0 Å². The molecule has 1 nitrogen and oxygen atoms in total. The second kappa shape index (κ2) is 4.73. The second-order valence-corrected chi connectivity index (χ2v) is 8.94. The standard InChI is InChI=1S/C19H32O/c1-12-3-5-16-15(12)7-8-18-17(16)6-4-13-11-14(20)9-10-19(13,18)2/h12-18,20H,3-11H2,1-2H3/t12?,13?,14?,15-,16?,17?,18?,19-/m0/s1. The lowest BCUT2D eigenvalue weighted by molar-refractivity contribution is -0.108. The monoisotopic (exact) mass is 276 g/mol. The first-order chi connectivity index (χ1) is 9.59. The van der Waals surface area contributed by atoms with Crippen molar-refractivity contribution in [2.24, 2.45) is 40.9 Å². The molecule has 4 aliphatic carbocycles. The van der Waals surface area contributed by atoms with Gasteiger partial charge in [0, 0.05) is 0 Å². The minimum atomic E-state index is 0.00691. The van der Waals surface area contributed by atoms with Crippen molar-refractivity contribution >= 4 is 0 Å². The van der Waals surface area contributed by atoms with Gasteiger partial charge in [-0.05, 0) is 92.3 Å². The van der Waals surface area contributed by atoms with Crippen LogP contribution in [0.25, 0.3) is 0 Å². The Kier molecular flexibility index (Phi) is 3.22. The fraction of sp³-hybridized carbons (Fsp3) is 1.00. The molecule has 0 bridgehead atoms. The predicted octanol–water partition coefficient (Wildman–Crippen LogP) is 4.64. The topological polar surface area (TPSA) is 20.2 Å². The summed E-state index contributed by atoms with van der Waals surface area (Å²) in [6, 6.07) is 0. The number of aliphatic hydroxyl groups excluding tert-OH is 1. The molecule has 20 heavy (non-hydrogen) atoms. The van der Waals surface area contributed by atoms with Gasteiger partial charge in [-0.2, -0.15) is 0 Å². The minimum absolute atomic E-state index is 0.00691. The lowest BCUT2D eigenvalue weighted by Gasteiger charge is -2.58. The third-order valence-electron chi connectivity index (χ3n) is 8.31. The second-order valence-electron chi connectivity index (χ2n) is 8.94. The molecule has 4 fully saturated rings. The van der Waals surface area contributed by atoms with Gasteiger partial charge in [0.25, 0.3) is 0 Å². The smallest absolute Gasteiger partial charge is 0.0543 e. The van der Waals surface area contributed by atoms with Crippen LogP contribution in [0.1, 0.15) is 71.6 Å². The summed E-state index contributed by atoms with van der Waals surface area (Å²) < 4.78 is 0. The Bertz CT molecular complexity index is 378. The van der Waals surface area contributed by atoms with E-state index in [0.29, 0.717) is 5.41 Å². The maximum Gasteiger partial charge on any atom is 0.0543 e. The van der Waals surface area contributed by atoms with Gasteiger partial charge >= 0.3 is 0 Å². The highest BCUT2D eigenvalue weighted by atomic mass is 16.3. The third kappa shape index (κ3) is 1.84. The fourth-order valence-electron chi connectivity index (χ4n) is 7.18. The maximum atomic E-state index is 10.0. The van der Waals surface area contributed by atoms with Crippen LogP contribution < -0.4 is 0 Å². The Morgan fingerprint density at radius 1 is 0.850 bits per heavy atom. The molecule has 0 spiro atoms.